The summed E-state index contributed by atoms with van der Waals surface area (Å²) < 4.78 is 0. The molecule has 0 aliphatic carbocycles. The van der Waals surface area contributed by atoms with Crippen molar-refractivity contribution in [3.8, 4) is 0 Å². The van der Waals surface area contributed by atoms with Gasteiger partial charge in [-0.15, -0.1) is 0 Å². The Hall–Kier alpha value is -1.12. The number of anilines is 1. The number of hydrogen-bond acceptors (Lipinski definition) is 3. The molecule has 0 atom stereocenters. The molecule has 3 heteroatoms. The molecule has 0 spiro atoms. The standard InChI is InChI=1S/C10H17N3/c1-4-5-10(2,3)13-9-8-11-6-7-12-9/h6-8H,4-5H2,1-3H3,(H,12,13). The van der Waals surface area contributed by atoms with Crippen LogP contribution in [0.5, 0.6) is 0 Å². The van der Waals surface area contributed by atoms with Crippen molar-refractivity contribution in [2.75, 3.05) is 5.32 Å². The predicted molar refractivity (Wildman–Crippen MR) is 54.6 cm³/mol. The average Bonchev–Trinajstić information content (AvgIpc) is 2.04. The van der Waals surface area contributed by atoms with Crippen LogP contribution in [0.1, 0.15) is 33.6 Å². The Morgan fingerprint density at radius 3 is 2.69 bits per heavy atom. The summed E-state index contributed by atoms with van der Waals surface area (Å²) in [5, 5.41) is 3.35. The highest BCUT2D eigenvalue weighted by Crippen LogP contribution is 2.16. The molecule has 72 valence electrons. The fourth-order valence-corrected chi connectivity index (χ4v) is 1.40. The molecule has 1 aromatic heterocycles. The Morgan fingerprint density at radius 1 is 1.38 bits per heavy atom. The minimum absolute atomic E-state index is 0.102. The van der Waals surface area contributed by atoms with E-state index in [1.807, 2.05) is 0 Å². The van der Waals surface area contributed by atoms with Gasteiger partial charge in [-0.3, -0.25) is 4.98 Å². The maximum atomic E-state index is 4.17. The Labute approximate surface area is 79.6 Å². The Balaban J connectivity index is 2.58. The van der Waals surface area contributed by atoms with Crippen molar-refractivity contribution in [2.45, 2.75) is 39.2 Å². The van der Waals surface area contributed by atoms with Gasteiger partial charge in [0.05, 0.1) is 6.20 Å². The molecule has 13 heavy (non-hydrogen) atoms. The van der Waals surface area contributed by atoms with E-state index < -0.39 is 0 Å². The monoisotopic (exact) mass is 179 g/mol. The van der Waals surface area contributed by atoms with E-state index in [0.29, 0.717) is 0 Å². The minimum Gasteiger partial charge on any atom is -0.364 e. The van der Waals surface area contributed by atoms with Crippen LogP contribution in [0.4, 0.5) is 5.82 Å². The molecule has 3 nitrogen and oxygen atoms in total. The zero-order valence-corrected chi connectivity index (χ0v) is 8.54. The van der Waals surface area contributed by atoms with Crippen LogP contribution >= 0.6 is 0 Å². The van der Waals surface area contributed by atoms with E-state index in [1.54, 1.807) is 18.6 Å². The highest BCUT2D eigenvalue weighted by Gasteiger charge is 2.15. The Bertz CT molecular complexity index is 244. The second-order valence-electron chi connectivity index (χ2n) is 3.85. The van der Waals surface area contributed by atoms with Crippen molar-refractivity contribution in [2.24, 2.45) is 0 Å². The largest absolute Gasteiger partial charge is 0.364 e. The molecule has 0 saturated carbocycles. The van der Waals surface area contributed by atoms with Gasteiger partial charge in [0.2, 0.25) is 0 Å². The van der Waals surface area contributed by atoms with Gasteiger partial charge in [0, 0.05) is 17.9 Å². The van der Waals surface area contributed by atoms with Crippen molar-refractivity contribution < 1.29 is 0 Å². The lowest BCUT2D eigenvalue weighted by Crippen LogP contribution is -2.30. The number of nitrogens with zero attached hydrogens (tertiary/aromatic N) is 2. The van der Waals surface area contributed by atoms with Gasteiger partial charge >= 0.3 is 0 Å². The summed E-state index contributed by atoms with van der Waals surface area (Å²) in [6.45, 7) is 6.52. The van der Waals surface area contributed by atoms with Crippen LogP contribution in [0.2, 0.25) is 0 Å². The SMILES string of the molecule is CCCC(C)(C)Nc1cnccn1. The molecule has 1 heterocycles. The normalized spacial score (nSPS) is 11.3. The second kappa shape index (κ2) is 4.21. The van der Waals surface area contributed by atoms with Gasteiger partial charge < -0.3 is 5.32 Å². The van der Waals surface area contributed by atoms with Gasteiger partial charge in [0.25, 0.3) is 0 Å². The van der Waals surface area contributed by atoms with Crippen LogP contribution < -0.4 is 5.32 Å². The van der Waals surface area contributed by atoms with Gasteiger partial charge in [0.15, 0.2) is 0 Å². The van der Waals surface area contributed by atoms with Gasteiger partial charge in [-0.1, -0.05) is 13.3 Å². The third-order valence-corrected chi connectivity index (χ3v) is 1.90. The summed E-state index contributed by atoms with van der Waals surface area (Å²) in [7, 11) is 0. The van der Waals surface area contributed by atoms with E-state index in [-0.39, 0.29) is 5.54 Å². The summed E-state index contributed by atoms with van der Waals surface area (Å²) in [6, 6.07) is 0. The van der Waals surface area contributed by atoms with E-state index in [0.717, 1.165) is 12.2 Å². The number of nitrogens with one attached hydrogen (secondary N) is 1. The molecule has 0 saturated heterocycles. The average molecular weight is 179 g/mol. The summed E-state index contributed by atoms with van der Waals surface area (Å²) in [5.74, 6) is 0.848. The molecule has 1 rings (SSSR count). The number of hydrogen-bond donors (Lipinski definition) is 1. The molecule has 1 N–H and O–H groups in total. The smallest absolute Gasteiger partial charge is 0.144 e. The van der Waals surface area contributed by atoms with Crippen molar-refractivity contribution >= 4 is 5.82 Å². The first-order valence-corrected chi connectivity index (χ1v) is 4.68. The van der Waals surface area contributed by atoms with Gasteiger partial charge in [-0.25, -0.2) is 4.98 Å². The molecule has 0 aliphatic heterocycles. The fourth-order valence-electron chi connectivity index (χ4n) is 1.40. The maximum absolute atomic E-state index is 4.17. The van der Waals surface area contributed by atoms with Crippen molar-refractivity contribution in [3.63, 3.8) is 0 Å². The van der Waals surface area contributed by atoms with Gasteiger partial charge in [-0.2, -0.15) is 0 Å². The van der Waals surface area contributed by atoms with Crippen LogP contribution in [0, 0.1) is 0 Å². The highest BCUT2D eigenvalue weighted by molar-refractivity contribution is 5.33. The van der Waals surface area contributed by atoms with Crippen molar-refractivity contribution in [1.82, 2.24) is 9.97 Å². The molecular formula is C10H17N3. The lowest BCUT2D eigenvalue weighted by molar-refractivity contribution is 0.509. The van der Waals surface area contributed by atoms with Crippen LogP contribution in [-0.2, 0) is 0 Å². The third kappa shape index (κ3) is 3.40. The zero-order chi connectivity index (χ0) is 9.73. The molecule has 0 amide bonds. The summed E-state index contributed by atoms with van der Waals surface area (Å²) in [4.78, 5) is 8.18. The third-order valence-electron chi connectivity index (χ3n) is 1.90. The molecule has 0 fully saturated rings. The number of rotatable bonds is 4. The minimum atomic E-state index is 0.102. The summed E-state index contributed by atoms with van der Waals surface area (Å²) in [5.41, 5.74) is 0.102. The van der Waals surface area contributed by atoms with E-state index >= 15 is 0 Å². The van der Waals surface area contributed by atoms with Gasteiger partial charge in [0.1, 0.15) is 5.82 Å². The van der Waals surface area contributed by atoms with Crippen LogP contribution in [0.25, 0.3) is 0 Å². The first-order chi connectivity index (χ1) is 6.14. The lowest BCUT2D eigenvalue weighted by Gasteiger charge is -2.25. The van der Waals surface area contributed by atoms with Crippen LogP contribution in [0.3, 0.4) is 0 Å². The topological polar surface area (TPSA) is 37.8 Å². The Kier molecular flexibility index (Phi) is 3.23. The van der Waals surface area contributed by atoms with Crippen LogP contribution in [0.15, 0.2) is 18.6 Å². The van der Waals surface area contributed by atoms with E-state index in [2.05, 4.69) is 36.1 Å². The van der Waals surface area contributed by atoms with E-state index in [9.17, 15) is 0 Å². The quantitative estimate of drug-likeness (QED) is 0.771. The first kappa shape index (κ1) is 9.96. The molecule has 0 aromatic carbocycles. The van der Waals surface area contributed by atoms with Crippen LogP contribution in [-0.4, -0.2) is 15.5 Å². The number of aromatic nitrogens is 2. The van der Waals surface area contributed by atoms with Crippen molar-refractivity contribution in [3.05, 3.63) is 18.6 Å². The van der Waals surface area contributed by atoms with Gasteiger partial charge in [-0.05, 0) is 20.3 Å². The Morgan fingerprint density at radius 2 is 2.15 bits per heavy atom. The predicted octanol–water partition coefficient (Wildman–Crippen LogP) is 2.47. The molecule has 0 aliphatic rings. The van der Waals surface area contributed by atoms with E-state index in [1.165, 1.54) is 6.42 Å². The first-order valence-electron chi connectivity index (χ1n) is 4.68. The molecule has 0 radical (unpaired) electrons. The maximum Gasteiger partial charge on any atom is 0.144 e. The molecular weight excluding hydrogens is 162 g/mol. The molecule has 0 bridgehead atoms. The zero-order valence-electron chi connectivity index (χ0n) is 8.54. The molecule has 0 unspecified atom stereocenters. The summed E-state index contributed by atoms with van der Waals surface area (Å²) >= 11 is 0. The second-order valence-corrected chi connectivity index (χ2v) is 3.85. The highest BCUT2D eigenvalue weighted by atomic mass is 15.1. The van der Waals surface area contributed by atoms with Crippen molar-refractivity contribution in [1.29, 1.82) is 0 Å². The fraction of sp³-hybridized carbons (Fsp3) is 0.600. The van der Waals surface area contributed by atoms with E-state index in [4.69, 9.17) is 0 Å². The molecule has 1 aromatic rings. The lowest BCUT2D eigenvalue weighted by atomic mass is 9.99. The summed E-state index contributed by atoms with van der Waals surface area (Å²) in [6.07, 6.45) is 7.42.